The van der Waals surface area contributed by atoms with Gasteiger partial charge in [0.25, 0.3) is 0 Å². The number of alkyl halides is 3. The predicted octanol–water partition coefficient (Wildman–Crippen LogP) is 3.34. The van der Waals surface area contributed by atoms with E-state index in [4.69, 9.17) is 5.26 Å². The summed E-state index contributed by atoms with van der Waals surface area (Å²) in [7, 11) is 0. The number of hydrogen-bond acceptors (Lipinski definition) is 7. The minimum absolute atomic E-state index is 0.172. The Morgan fingerprint density at radius 3 is 2.54 bits per heavy atom. The lowest BCUT2D eigenvalue weighted by Gasteiger charge is -2.09. The van der Waals surface area contributed by atoms with E-state index in [1.807, 2.05) is 6.07 Å². The molecule has 0 amide bonds. The molecule has 7 nitrogen and oxygen atoms in total. The maximum Gasteiger partial charge on any atom is 0.416 e. The molecule has 2 aromatic heterocycles. The third-order valence-corrected chi connectivity index (χ3v) is 4.14. The zero-order valence-corrected chi connectivity index (χ0v) is 13.9. The third-order valence-electron chi connectivity index (χ3n) is 3.34. The van der Waals surface area contributed by atoms with Crippen LogP contribution in [0.25, 0.3) is 11.4 Å². The highest BCUT2D eigenvalue weighted by molar-refractivity contribution is 7.14. The monoisotopic (exact) mass is 379 g/mol. The van der Waals surface area contributed by atoms with Gasteiger partial charge in [0.15, 0.2) is 10.8 Å². The molecule has 0 aliphatic carbocycles. The lowest BCUT2D eigenvalue weighted by Crippen LogP contribution is -2.13. The first kappa shape index (κ1) is 17.7. The third kappa shape index (κ3) is 4.09. The highest BCUT2D eigenvalue weighted by atomic mass is 32.1. The summed E-state index contributed by atoms with van der Waals surface area (Å²) in [5, 5.41) is 27.4. The summed E-state index contributed by atoms with van der Waals surface area (Å²) >= 11 is 1.35. The second-order valence-corrected chi connectivity index (χ2v) is 5.96. The molecule has 1 aromatic carbocycles. The van der Waals surface area contributed by atoms with Gasteiger partial charge in [-0.1, -0.05) is 0 Å². The van der Waals surface area contributed by atoms with Crippen LogP contribution in [-0.2, 0) is 6.18 Å². The van der Waals surface area contributed by atoms with Gasteiger partial charge in [0.05, 0.1) is 5.56 Å². The topological polar surface area (TPSA) is 102 Å². The van der Waals surface area contributed by atoms with Crippen molar-refractivity contribution in [2.24, 2.45) is 0 Å². The van der Waals surface area contributed by atoms with Crippen LogP contribution in [0.5, 0.6) is 0 Å². The Bertz CT molecular complexity index is 908. The number of nitriles is 1. The largest absolute Gasteiger partial charge is 0.416 e. The fourth-order valence-corrected chi connectivity index (χ4v) is 2.83. The molecule has 2 heterocycles. The highest BCUT2D eigenvalue weighted by Crippen LogP contribution is 2.29. The lowest BCUT2D eigenvalue weighted by molar-refractivity contribution is -0.137. The van der Waals surface area contributed by atoms with Crippen LogP contribution >= 0.6 is 11.3 Å². The number of hydrogen-bond donors (Lipinski definition) is 3. The van der Waals surface area contributed by atoms with E-state index >= 15 is 0 Å². The molecule has 0 unspecified atom stereocenters. The SMILES string of the molecule is N#Cc1n[nH]nc1-c1csc(NCCNc2ccc(C(F)(F)F)cc2)n1. The Labute approximate surface area is 149 Å². The van der Waals surface area contributed by atoms with Gasteiger partial charge in [-0.3, -0.25) is 0 Å². The first-order chi connectivity index (χ1) is 12.5. The van der Waals surface area contributed by atoms with Crippen molar-refractivity contribution in [2.45, 2.75) is 6.18 Å². The van der Waals surface area contributed by atoms with Gasteiger partial charge < -0.3 is 10.6 Å². The summed E-state index contributed by atoms with van der Waals surface area (Å²) in [6.07, 6.45) is -4.34. The molecule has 3 N–H and O–H groups in total. The fourth-order valence-electron chi connectivity index (χ4n) is 2.10. The van der Waals surface area contributed by atoms with Crippen LogP contribution in [0.2, 0.25) is 0 Å². The zero-order valence-electron chi connectivity index (χ0n) is 13.1. The van der Waals surface area contributed by atoms with Gasteiger partial charge in [0.2, 0.25) is 0 Å². The Morgan fingerprint density at radius 1 is 1.12 bits per heavy atom. The van der Waals surface area contributed by atoms with Gasteiger partial charge >= 0.3 is 6.18 Å². The summed E-state index contributed by atoms with van der Waals surface area (Å²) in [4.78, 5) is 4.33. The van der Waals surface area contributed by atoms with Crippen LogP contribution in [0.4, 0.5) is 24.0 Å². The number of aromatic amines is 1. The van der Waals surface area contributed by atoms with Crippen LogP contribution in [0.3, 0.4) is 0 Å². The predicted molar refractivity (Wildman–Crippen MR) is 90.6 cm³/mol. The van der Waals surface area contributed by atoms with Crippen molar-refractivity contribution in [1.82, 2.24) is 20.4 Å². The number of aromatic nitrogens is 4. The van der Waals surface area contributed by atoms with Crippen molar-refractivity contribution in [1.29, 1.82) is 5.26 Å². The quantitative estimate of drug-likeness (QED) is 0.568. The maximum absolute atomic E-state index is 12.5. The van der Waals surface area contributed by atoms with Crippen LogP contribution in [0.15, 0.2) is 29.6 Å². The van der Waals surface area contributed by atoms with Gasteiger partial charge in [-0.2, -0.15) is 28.7 Å². The van der Waals surface area contributed by atoms with E-state index in [0.717, 1.165) is 12.1 Å². The number of thiazole rings is 1. The molecular weight excluding hydrogens is 367 g/mol. The summed E-state index contributed by atoms with van der Waals surface area (Å²) in [6.45, 7) is 1.01. The Morgan fingerprint density at radius 2 is 1.85 bits per heavy atom. The highest BCUT2D eigenvalue weighted by Gasteiger charge is 2.29. The van der Waals surface area contributed by atoms with Crippen molar-refractivity contribution in [2.75, 3.05) is 23.7 Å². The van der Waals surface area contributed by atoms with Crippen LogP contribution in [0.1, 0.15) is 11.3 Å². The molecule has 0 fully saturated rings. The second kappa shape index (κ2) is 7.40. The van der Waals surface area contributed by atoms with Gasteiger partial charge in [0.1, 0.15) is 17.5 Å². The van der Waals surface area contributed by atoms with Crippen molar-refractivity contribution in [3.8, 4) is 17.5 Å². The average Bonchev–Trinajstić information content (AvgIpc) is 3.27. The molecule has 3 rings (SSSR count). The molecule has 11 heteroatoms. The summed E-state index contributed by atoms with van der Waals surface area (Å²) < 4.78 is 37.5. The van der Waals surface area contributed by atoms with Crippen molar-refractivity contribution < 1.29 is 13.2 Å². The van der Waals surface area contributed by atoms with E-state index in [0.29, 0.717) is 35.3 Å². The molecule has 0 atom stereocenters. The number of rotatable bonds is 6. The molecular formula is C15H12F3N7S. The molecule has 3 aromatic rings. The summed E-state index contributed by atoms with van der Waals surface area (Å²) in [5.41, 5.74) is 1.02. The minimum Gasteiger partial charge on any atom is -0.383 e. The molecule has 134 valence electrons. The minimum atomic E-state index is -4.34. The van der Waals surface area contributed by atoms with Gasteiger partial charge in [-0.05, 0) is 24.3 Å². The summed E-state index contributed by atoms with van der Waals surface area (Å²) in [6, 6.07) is 6.77. The maximum atomic E-state index is 12.5. The van der Waals surface area contributed by atoms with Crippen molar-refractivity contribution >= 4 is 22.2 Å². The normalized spacial score (nSPS) is 11.2. The standard InChI is InChI=1S/C15H12F3N7S/c16-15(17,18)9-1-3-10(4-2-9)20-5-6-21-14-22-12(8-26-14)13-11(7-19)23-25-24-13/h1-4,8,20H,5-6H2,(H,21,22)(H,23,24,25). The van der Waals surface area contributed by atoms with E-state index in [1.54, 1.807) is 5.38 Å². The van der Waals surface area contributed by atoms with E-state index in [-0.39, 0.29) is 5.69 Å². The van der Waals surface area contributed by atoms with E-state index in [1.165, 1.54) is 23.5 Å². The van der Waals surface area contributed by atoms with E-state index in [9.17, 15) is 13.2 Å². The molecule has 0 radical (unpaired) electrons. The number of H-pyrrole nitrogens is 1. The first-order valence-electron chi connectivity index (χ1n) is 7.39. The van der Waals surface area contributed by atoms with Gasteiger partial charge in [0, 0.05) is 24.2 Å². The van der Waals surface area contributed by atoms with Gasteiger partial charge in [-0.25, -0.2) is 4.98 Å². The smallest absolute Gasteiger partial charge is 0.383 e. The second-order valence-electron chi connectivity index (χ2n) is 5.10. The lowest BCUT2D eigenvalue weighted by atomic mass is 10.2. The van der Waals surface area contributed by atoms with Gasteiger partial charge in [-0.15, -0.1) is 16.4 Å². The first-order valence-corrected chi connectivity index (χ1v) is 8.27. The number of nitrogens with zero attached hydrogens (tertiary/aromatic N) is 4. The van der Waals surface area contributed by atoms with Crippen LogP contribution in [-0.4, -0.2) is 33.5 Å². The molecule has 0 aliphatic rings. The average molecular weight is 379 g/mol. The molecule has 26 heavy (non-hydrogen) atoms. The number of halogens is 3. The fraction of sp³-hybridized carbons (Fsp3) is 0.200. The molecule has 0 saturated carbocycles. The van der Waals surface area contributed by atoms with Crippen LogP contribution in [0, 0.1) is 11.3 Å². The molecule has 0 saturated heterocycles. The Kier molecular flexibility index (Phi) is 5.04. The van der Waals surface area contributed by atoms with Crippen molar-refractivity contribution in [3.63, 3.8) is 0 Å². The van der Waals surface area contributed by atoms with E-state index < -0.39 is 11.7 Å². The van der Waals surface area contributed by atoms with Crippen LogP contribution < -0.4 is 10.6 Å². The molecule has 0 spiro atoms. The van der Waals surface area contributed by atoms with Crippen molar-refractivity contribution in [3.05, 3.63) is 40.9 Å². The summed E-state index contributed by atoms with van der Waals surface area (Å²) in [5.74, 6) is 0. The molecule has 0 bridgehead atoms. The number of benzene rings is 1. The number of nitrogens with one attached hydrogen (secondary N) is 3. The zero-order chi connectivity index (χ0) is 18.6. The molecule has 0 aliphatic heterocycles. The Balaban J connectivity index is 1.49. The Hall–Kier alpha value is -3.13. The van der Waals surface area contributed by atoms with E-state index in [2.05, 4.69) is 31.0 Å². The number of anilines is 2.